The van der Waals surface area contributed by atoms with Crippen molar-refractivity contribution in [2.75, 3.05) is 20.1 Å². The summed E-state index contributed by atoms with van der Waals surface area (Å²) in [7, 11) is 2.05. The summed E-state index contributed by atoms with van der Waals surface area (Å²) >= 11 is 6.18. The quantitative estimate of drug-likeness (QED) is 0.386. The molecule has 0 radical (unpaired) electrons. The molecule has 2 rings (SSSR count). The predicted molar refractivity (Wildman–Crippen MR) is 46.4 cm³/mol. The third kappa shape index (κ3) is 1.16. The number of hydrogen-bond donors (Lipinski definition) is 3. The Balaban J connectivity index is 2.12. The second kappa shape index (κ2) is 3.14. The number of aliphatic hydroxyl groups is 1. The van der Waals surface area contributed by atoms with Crippen molar-refractivity contribution in [2.24, 2.45) is 0 Å². The summed E-state index contributed by atoms with van der Waals surface area (Å²) in [4.78, 5) is 1.51. The number of hydrogen-bond acceptors (Lipinski definition) is 1. The average Bonchev–Trinajstić information content (AvgIpc) is 2.52. The highest BCUT2D eigenvalue weighted by molar-refractivity contribution is 6.21. The Hall–Kier alpha value is 0.170. The van der Waals surface area contributed by atoms with Gasteiger partial charge in [0.25, 0.3) is 0 Å². The predicted octanol–water partition coefficient (Wildman–Crippen LogP) is -2.81. The lowest BCUT2D eigenvalue weighted by Gasteiger charge is -2.16. The van der Waals surface area contributed by atoms with E-state index < -0.39 is 0 Å². The molecule has 0 amide bonds. The highest BCUT2D eigenvalue weighted by Gasteiger charge is 2.53. The number of halogens is 1. The van der Waals surface area contributed by atoms with E-state index in [0.29, 0.717) is 12.1 Å². The minimum absolute atomic E-state index is 0.120. The van der Waals surface area contributed by atoms with Crippen LogP contribution in [0.2, 0.25) is 0 Å². The molecule has 0 aromatic heterocycles. The van der Waals surface area contributed by atoms with Gasteiger partial charge in [0.05, 0.1) is 13.6 Å². The van der Waals surface area contributed by atoms with E-state index in [4.69, 9.17) is 11.6 Å². The summed E-state index contributed by atoms with van der Waals surface area (Å²) < 4.78 is 0. The van der Waals surface area contributed by atoms with Gasteiger partial charge in [0.2, 0.25) is 0 Å². The van der Waals surface area contributed by atoms with E-state index in [1.807, 2.05) is 7.05 Å². The zero-order valence-electron chi connectivity index (χ0n) is 7.33. The summed E-state index contributed by atoms with van der Waals surface area (Å²) in [5.41, 5.74) is 0. The molecule has 4 heteroatoms. The van der Waals surface area contributed by atoms with Gasteiger partial charge in [0.1, 0.15) is 18.0 Å². The van der Waals surface area contributed by atoms with Crippen molar-refractivity contribution < 1.29 is 15.3 Å². The number of alkyl halides is 1. The van der Waals surface area contributed by atoms with Crippen LogP contribution in [0.15, 0.2) is 0 Å². The molecule has 2 aliphatic rings. The molecule has 2 aliphatic heterocycles. The summed E-state index contributed by atoms with van der Waals surface area (Å²) in [5.74, 6) is 0. The van der Waals surface area contributed by atoms with Gasteiger partial charge in [0, 0.05) is 6.42 Å². The Bertz CT molecular complexity index is 178. The molecule has 2 fully saturated rings. The molecule has 0 aromatic carbocycles. The first kappa shape index (κ1) is 8.75. The largest absolute Gasteiger partial charge is 0.386 e. The number of likely N-dealkylation sites (N-methyl/N-ethyl adjacent to an activating group) is 1. The molecular formula is C8H17ClN2O+2. The SMILES string of the molecule is C[NH2+]C1C(Cl)C[NH+]2CCC(O)C12. The third-order valence-corrected chi connectivity index (χ3v) is 3.77. The Morgan fingerprint density at radius 1 is 1.58 bits per heavy atom. The maximum Gasteiger partial charge on any atom is 0.168 e. The topological polar surface area (TPSA) is 41.3 Å². The Morgan fingerprint density at radius 2 is 2.33 bits per heavy atom. The molecule has 0 aliphatic carbocycles. The lowest BCUT2D eigenvalue weighted by molar-refractivity contribution is -0.911. The maximum atomic E-state index is 9.72. The Morgan fingerprint density at radius 3 is 3.00 bits per heavy atom. The Labute approximate surface area is 77.7 Å². The van der Waals surface area contributed by atoms with Crippen LogP contribution in [0.1, 0.15) is 6.42 Å². The minimum Gasteiger partial charge on any atom is -0.386 e. The van der Waals surface area contributed by atoms with Crippen LogP contribution in [-0.4, -0.2) is 48.8 Å². The standard InChI is InChI=1S/C8H15ClN2O/c1-10-7-5(9)4-11-3-2-6(12)8(7)11/h5-8,10,12H,2-4H2,1H3/p+2. The van der Waals surface area contributed by atoms with Crippen molar-refractivity contribution in [1.82, 2.24) is 0 Å². The molecule has 2 saturated heterocycles. The number of nitrogens with one attached hydrogen (secondary N) is 1. The van der Waals surface area contributed by atoms with Crippen LogP contribution in [0.3, 0.4) is 0 Å². The maximum absolute atomic E-state index is 9.72. The van der Waals surface area contributed by atoms with Crippen molar-refractivity contribution >= 4 is 11.6 Å². The second-order valence-electron chi connectivity index (χ2n) is 3.92. The summed E-state index contributed by atoms with van der Waals surface area (Å²) in [6.45, 7) is 2.12. The van der Waals surface area contributed by atoms with Crippen LogP contribution >= 0.6 is 11.6 Å². The summed E-state index contributed by atoms with van der Waals surface area (Å²) in [6, 6.07) is 0.802. The number of nitrogens with two attached hydrogens (primary N) is 1. The van der Waals surface area contributed by atoms with E-state index in [9.17, 15) is 5.11 Å². The molecule has 5 unspecified atom stereocenters. The van der Waals surface area contributed by atoms with Crippen molar-refractivity contribution in [2.45, 2.75) is 30.0 Å². The van der Waals surface area contributed by atoms with Gasteiger partial charge in [-0.3, -0.25) is 0 Å². The fraction of sp³-hybridized carbons (Fsp3) is 1.00. The van der Waals surface area contributed by atoms with E-state index in [1.165, 1.54) is 4.90 Å². The van der Waals surface area contributed by atoms with Crippen LogP contribution < -0.4 is 10.2 Å². The van der Waals surface area contributed by atoms with Gasteiger partial charge >= 0.3 is 0 Å². The van der Waals surface area contributed by atoms with Gasteiger partial charge in [-0.2, -0.15) is 0 Å². The van der Waals surface area contributed by atoms with Crippen LogP contribution in [0, 0.1) is 0 Å². The smallest absolute Gasteiger partial charge is 0.168 e. The number of rotatable bonds is 1. The van der Waals surface area contributed by atoms with Crippen LogP contribution in [-0.2, 0) is 0 Å². The normalized spacial score (nSPS) is 52.8. The number of quaternary nitrogens is 2. The zero-order valence-corrected chi connectivity index (χ0v) is 8.09. The first-order chi connectivity index (χ1) is 5.74. The van der Waals surface area contributed by atoms with E-state index in [-0.39, 0.29) is 11.5 Å². The van der Waals surface area contributed by atoms with Gasteiger partial charge < -0.3 is 15.3 Å². The van der Waals surface area contributed by atoms with Crippen molar-refractivity contribution in [3.8, 4) is 0 Å². The van der Waals surface area contributed by atoms with Gasteiger partial charge in [-0.1, -0.05) is 0 Å². The van der Waals surface area contributed by atoms with Crippen LogP contribution in [0.5, 0.6) is 0 Å². The first-order valence-corrected chi connectivity index (χ1v) is 5.14. The third-order valence-electron chi connectivity index (χ3n) is 3.32. The summed E-state index contributed by atoms with van der Waals surface area (Å²) in [6.07, 6.45) is 0.832. The molecule has 0 aromatic rings. The fourth-order valence-electron chi connectivity index (χ4n) is 2.75. The lowest BCUT2D eigenvalue weighted by Crippen LogP contribution is -3.14. The highest BCUT2D eigenvalue weighted by Crippen LogP contribution is 2.15. The van der Waals surface area contributed by atoms with Crippen LogP contribution in [0.4, 0.5) is 0 Å². The Kier molecular flexibility index (Phi) is 2.29. The molecule has 5 atom stereocenters. The van der Waals surface area contributed by atoms with Crippen molar-refractivity contribution in [3.63, 3.8) is 0 Å². The van der Waals surface area contributed by atoms with E-state index in [1.54, 1.807) is 0 Å². The average molecular weight is 193 g/mol. The van der Waals surface area contributed by atoms with Gasteiger partial charge in [-0.15, -0.1) is 11.6 Å². The fourth-order valence-corrected chi connectivity index (χ4v) is 3.25. The van der Waals surface area contributed by atoms with E-state index in [0.717, 1.165) is 19.5 Å². The molecule has 0 saturated carbocycles. The zero-order chi connectivity index (χ0) is 8.72. The minimum atomic E-state index is -0.120. The van der Waals surface area contributed by atoms with E-state index >= 15 is 0 Å². The number of aliphatic hydroxyl groups excluding tert-OH is 1. The van der Waals surface area contributed by atoms with Crippen molar-refractivity contribution in [1.29, 1.82) is 0 Å². The highest BCUT2D eigenvalue weighted by atomic mass is 35.5. The van der Waals surface area contributed by atoms with Gasteiger partial charge in [0.15, 0.2) is 12.1 Å². The molecule has 0 spiro atoms. The monoisotopic (exact) mass is 192 g/mol. The van der Waals surface area contributed by atoms with Gasteiger partial charge in [-0.25, -0.2) is 0 Å². The van der Waals surface area contributed by atoms with E-state index in [2.05, 4.69) is 5.32 Å². The molecule has 4 N–H and O–H groups in total. The first-order valence-electron chi connectivity index (χ1n) is 4.70. The molecular weight excluding hydrogens is 176 g/mol. The van der Waals surface area contributed by atoms with Crippen molar-refractivity contribution in [3.05, 3.63) is 0 Å². The summed E-state index contributed by atoms with van der Waals surface area (Å²) in [5, 5.41) is 12.1. The molecule has 2 heterocycles. The molecule has 12 heavy (non-hydrogen) atoms. The second-order valence-corrected chi connectivity index (χ2v) is 4.48. The molecule has 70 valence electrons. The molecule has 3 nitrogen and oxygen atoms in total. The molecule has 0 bridgehead atoms. The van der Waals surface area contributed by atoms with Gasteiger partial charge in [-0.05, 0) is 0 Å². The number of fused-ring (bicyclic) bond motifs is 1. The van der Waals surface area contributed by atoms with Crippen LogP contribution in [0.25, 0.3) is 0 Å². The lowest BCUT2D eigenvalue weighted by atomic mass is 10.0.